The molecule has 0 saturated heterocycles. The first-order valence-electron chi connectivity index (χ1n) is 10.1. The Morgan fingerprint density at radius 3 is 2.11 bits per heavy atom. The highest BCUT2D eigenvalue weighted by molar-refractivity contribution is 5.96. The van der Waals surface area contributed by atoms with Gasteiger partial charge in [-0.25, -0.2) is 0 Å². The summed E-state index contributed by atoms with van der Waals surface area (Å²) >= 11 is 0. The Morgan fingerprint density at radius 2 is 1.57 bits per heavy atom. The van der Waals surface area contributed by atoms with E-state index >= 15 is 0 Å². The Bertz CT molecular complexity index is 734. The van der Waals surface area contributed by atoms with Crippen LogP contribution < -0.4 is 10.1 Å². The number of carbonyl (C=O) groups is 3. The molecular weight excluding hydrogens is 358 g/mol. The fourth-order valence-electron chi connectivity index (χ4n) is 5.80. The van der Waals surface area contributed by atoms with E-state index in [4.69, 9.17) is 9.47 Å². The molecule has 4 saturated carbocycles. The lowest BCUT2D eigenvalue weighted by Crippen LogP contribution is -2.51. The van der Waals surface area contributed by atoms with Crippen molar-refractivity contribution in [2.45, 2.75) is 38.5 Å². The molecule has 1 aromatic rings. The Hall–Kier alpha value is -2.37. The standard InChI is InChI=1S/C22H27NO5/c1-27-18-4-2-17(3-5-18)21(26)23-12-20(25)28-13-19(24)22-9-14-6-15(10-22)8-16(7-14)11-22/h2-5,14-16H,6-13H2,1H3,(H,23,26). The van der Waals surface area contributed by atoms with Crippen LogP contribution in [-0.4, -0.2) is 37.9 Å². The van der Waals surface area contributed by atoms with Crippen LogP contribution in [0.2, 0.25) is 0 Å². The molecule has 150 valence electrons. The van der Waals surface area contributed by atoms with Gasteiger partial charge in [0.1, 0.15) is 12.3 Å². The number of hydrogen-bond donors (Lipinski definition) is 1. The van der Waals surface area contributed by atoms with E-state index in [1.54, 1.807) is 31.4 Å². The summed E-state index contributed by atoms with van der Waals surface area (Å²) in [5, 5.41) is 2.53. The lowest BCUT2D eigenvalue weighted by molar-refractivity contribution is -0.157. The van der Waals surface area contributed by atoms with Crippen LogP contribution in [0.3, 0.4) is 0 Å². The average molecular weight is 385 g/mol. The summed E-state index contributed by atoms with van der Waals surface area (Å²) in [5.74, 6) is 1.80. The summed E-state index contributed by atoms with van der Waals surface area (Å²) in [6.45, 7) is -0.428. The second-order valence-corrected chi connectivity index (χ2v) is 8.69. The summed E-state index contributed by atoms with van der Waals surface area (Å²) in [5.41, 5.74) is 0.166. The highest BCUT2D eigenvalue weighted by Gasteiger charge is 2.54. The van der Waals surface area contributed by atoms with E-state index in [9.17, 15) is 14.4 Å². The number of Topliss-reactive ketones (excluding diaryl/α,β-unsaturated/α-hetero) is 1. The molecule has 0 heterocycles. The molecule has 1 N–H and O–H groups in total. The van der Waals surface area contributed by atoms with Crippen molar-refractivity contribution in [1.82, 2.24) is 5.32 Å². The van der Waals surface area contributed by atoms with Crippen molar-refractivity contribution >= 4 is 17.7 Å². The molecule has 4 aliphatic rings. The summed E-state index contributed by atoms with van der Waals surface area (Å²) in [4.78, 5) is 36.9. The minimum Gasteiger partial charge on any atom is -0.497 e. The van der Waals surface area contributed by atoms with Gasteiger partial charge in [0.25, 0.3) is 5.91 Å². The highest BCUT2D eigenvalue weighted by Crippen LogP contribution is 2.60. The van der Waals surface area contributed by atoms with Gasteiger partial charge in [0, 0.05) is 11.0 Å². The minimum absolute atomic E-state index is 0.0708. The van der Waals surface area contributed by atoms with Crippen molar-refractivity contribution in [3.63, 3.8) is 0 Å². The summed E-state index contributed by atoms with van der Waals surface area (Å²) in [6, 6.07) is 6.60. The number of rotatable bonds is 7. The van der Waals surface area contributed by atoms with Crippen LogP contribution in [0.4, 0.5) is 0 Å². The van der Waals surface area contributed by atoms with Crippen LogP contribution in [0.15, 0.2) is 24.3 Å². The molecule has 0 spiro atoms. The second-order valence-electron chi connectivity index (χ2n) is 8.69. The third-order valence-electron chi connectivity index (χ3n) is 6.74. The van der Waals surface area contributed by atoms with Gasteiger partial charge < -0.3 is 14.8 Å². The number of amides is 1. The molecule has 5 rings (SSSR count). The molecular formula is C22H27NO5. The Morgan fingerprint density at radius 1 is 1.00 bits per heavy atom. The van der Waals surface area contributed by atoms with Crippen LogP contribution in [0.5, 0.6) is 5.75 Å². The van der Waals surface area contributed by atoms with Gasteiger partial charge in [0.15, 0.2) is 12.4 Å². The smallest absolute Gasteiger partial charge is 0.325 e. The van der Waals surface area contributed by atoms with Crippen LogP contribution in [0.25, 0.3) is 0 Å². The van der Waals surface area contributed by atoms with E-state index in [1.807, 2.05) is 0 Å². The minimum atomic E-state index is -0.583. The highest BCUT2D eigenvalue weighted by atomic mass is 16.5. The molecule has 1 aromatic carbocycles. The van der Waals surface area contributed by atoms with Gasteiger partial charge in [-0.3, -0.25) is 14.4 Å². The molecule has 0 aliphatic heterocycles. The van der Waals surface area contributed by atoms with Gasteiger partial charge in [-0.1, -0.05) is 0 Å². The van der Waals surface area contributed by atoms with Gasteiger partial charge >= 0.3 is 5.97 Å². The third-order valence-corrected chi connectivity index (χ3v) is 6.74. The topological polar surface area (TPSA) is 81.7 Å². The first kappa shape index (κ1) is 19.0. The van der Waals surface area contributed by atoms with E-state index in [0.717, 1.165) is 19.3 Å². The van der Waals surface area contributed by atoms with E-state index in [-0.39, 0.29) is 30.3 Å². The Labute approximate surface area is 165 Å². The van der Waals surface area contributed by atoms with Crippen molar-refractivity contribution in [3.8, 4) is 5.75 Å². The van der Waals surface area contributed by atoms with Gasteiger partial charge in [0.2, 0.25) is 0 Å². The quantitative estimate of drug-likeness (QED) is 0.730. The van der Waals surface area contributed by atoms with Crippen LogP contribution in [0.1, 0.15) is 48.9 Å². The van der Waals surface area contributed by atoms with Crippen LogP contribution in [0, 0.1) is 23.2 Å². The third kappa shape index (κ3) is 3.77. The first-order valence-corrected chi connectivity index (χ1v) is 10.1. The van der Waals surface area contributed by atoms with Gasteiger partial charge in [0.05, 0.1) is 7.11 Å². The zero-order valence-corrected chi connectivity index (χ0v) is 16.2. The molecule has 28 heavy (non-hydrogen) atoms. The van der Waals surface area contributed by atoms with Crippen molar-refractivity contribution < 1.29 is 23.9 Å². The number of ether oxygens (including phenoxy) is 2. The van der Waals surface area contributed by atoms with Gasteiger partial charge in [-0.2, -0.15) is 0 Å². The number of methoxy groups -OCH3 is 1. The number of ketones is 1. The molecule has 0 radical (unpaired) electrons. The van der Waals surface area contributed by atoms with E-state index in [2.05, 4.69) is 5.32 Å². The molecule has 6 nitrogen and oxygen atoms in total. The maximum Gasteiger partial charge on any atom is 0.325 e. The van der Waals surface area contributed by atoms with Crippen molar-refractivity contribution in [3.05, 3.63) is 29.8 Å². The number of hydrogen-bond acceptors (Lipinski definition) is 5. The van der Waals surface area contributed by atoms with Gasteiger partial charge in [-0.05, 0) is 80.5 Å². The average Bonchev–Trinajstić information content (AvgIpc) is 2.69. The lowest BCUT2D eigenvalue weighted by atomic mass is 9.48. The Balaban J connectivity index is 1.24. The predicted octanol–water partition coefficient (Wildman–Crippen LogP) is 2.75. The molecule has 0 aromatic heterocycles. The van der Waals surface area contributed by atoms with E-state index < -0.39 is 5.97 Å². The molecule has 1 amide bonds. The predicted molar refractivity (Wildman–Crippen MR) is 102 cm³/mol. The van der Waals surface area contributed by atoms with Crippen LogP contribution >= 0.6 is 0 Å². The maximum absolute atomic E-state index is 12.8. The van der Waals surface area contributed by atoms with Crippen LogP contribution in [-0.2, 0) is 14.3 Å². The van der Waals surface area contributed by atoms with Crippen molar-refractivity contribution in [2.75, 3.05) is 20.3 Å². The largest absolute Gasteiger partial charge is 0.497 e. The van der Waals surface area contributed by atoms with Crippen molar-refractivity contribution in [1.29, 1.82) is 0 Å². The fraction of sp³-hybridized carbons (Fsp3) is 0.591. The van der Waals surface area contributed by atoms with Gasteiger partial charge in [-0.15, -0.1) is 0 Å². The first-order chi connectivity index (χ1) is 13.5. The SMILES string of the molecule is COc1ccc(C(=O)NCC(=O)OCC(=O)C23CC4CC(CC(C4)C2)C3)cc1. The monoisotopic (exact) mass is 385 g/mol. The number of carbonyl (C=O) groups excluding carboxylic acids is 3. The normalized spacial score (nSPS) is 30.0. The zero-order valence-electron chi connectivity index (χ0n) is 16.2. The van der Waals surface area contributed by atoms with E-state index in [1.165, 1.54) is 19.3 Å². The molecule has 4 bridgehead atoms. The summed E-state index contributed by atoms with van der Waals surface area (Å²) in [7, 11) is 1.55. The molecule has 0 atom stereocenters. The number of benzene rings is 1. The lowest BCUT2D eigenvalue weighted by Gasteiger charge is -2.55. The summed E-state index contributed by atoms with van der Waals surface area (Å²) < 4.78 is 10.2. The molecule has 6 heteroatoms. The second kappa shape index (κ2) is 7.57. The zero-order chi connectivity index (χ0) is 19.7. The molecule has 4 fully saturated rings. The van der Waals surface area contributed by atoms with Crippen molar-refractivity contribution in [2.24, 2.45) is 23.2 Å². The number of esters is 1. The molecule has 0 unspecified atom stereocenters. The fourth-order valence-corrected chi connectivity index (χ4v) is 5.80. The Kier molecular flexibility index (Phi) is 5.13. The maximum atomic E-state index is 12.8. The molecule has 4 aliphatic carbocycles. The van der Waals surface area contributed by atoms with E-state index in [0.29, 0.717) is 29.1 Å². The summed E-state index contributed by atoms with van der Waals surface area (Å²) in [6.07, 6.45) is 6.69. The number of nitrogens with one attached hydrogen (secondary N) is 1.